The highest BCUT2D eigenvalue weighted by molar-refractivity contribution is 9.10. The number of rotatable bonds is 4. The molecule has 4 nitrogen and oxygen atoms in total. The second-order valence-electron chi connectivity index (χ2n) is 6.34. The summed E-state index contributed by atoms with van der Waals surface area (Å²) >= 11 is 3.35. The minimum absolute atomic E-state index is 0.168. The van der Waals surface area contributed by atoms with Gasteiger partial charge in [0.15, 0.2) is 0 Å². The number of aryl methyl sites for hydroxylation is 1. The van der Waals surface area contributed by atoms with Crippen LogP contribution in [0, 0.1) is 13.8 Å². The maximum Gasteiger partial charge on any atom is 0.416 e. The highest BCUT2D eigenvalue weighted by atomic mass is 79.9. The maximum absolute atomic E-state index is 12.9. The van der Waals surface area contributed by atoms with E-state index >= 15 is 0 Å². The first-order chi connectivity index (χ1) is 13.2. The number of alkyl halides is 3. The standard InChI is InChI=1S/C20H17BrF3N3O/c1-12-18(25-19(28)16-8-3-4-9-17(16)21)13(2)27(26-12)11-14-6-5-7-15(10-14)20(22,23)24/h3-10H,11H2,1-2H3,(H,25,28). The molecule has 8 heteroatoms. The van der Waals surface area contributed by atoms with Gasteiger partial charge < -0.3 is 5.32 Å². The zero-order valence-electron chi connectivity index (χ0n) is 15.1. The van der Waals surface area contributed by atoms with Crippen LogP contribution in [-0.4, -0.2) is 15.7 Å². The van der Waals surface area contributed by atoms with Crippen LogP contribution in [0.4, 0.5) is 18.9 Å². The van der Waals surface area contributed by atoms with E-state index in [4.69, 9.17) is 0 Å². The fourth-order valence-electron chi connectivity index (χ4n) is 2.88. The van der Waals surface area contributed by atoms with Gasteiger partial charge in [-0.2, -0.15) is 18.3 Å². The van der Waals surface area contributed by atoms with E-state index in [-0.39, 0.29) is 12.5 Å². The number of amides is 1. The fourth-order valence-corrected chi connectivity index (χ4v) is 3.34. The number of carbonyl (C=O) groups excluding carboxylic acids is 1. The third kappa shape index (κ3) is 4.27. The van der Waals surface area contributed by atoms with Gasteiger partial charge in [-0.15, -0.1) is 0 Å². The SMILES string of the molecule is Cc1nn(Cc2cccc(C(F)(F)F)c2)c(C)c1NC(=O)c1ccccc1Br. The van der Waals surface area contributed by atoms with Crippen molar-refractivity contribution >= 4 is 27.5 Å². The summed E-state index contributed by atoms with van der Waals surface area (Å²) in [5.41, 5.74) is 2.05. The van der Waals surface area contributed by atoms with Gasteiger partial charge in [-0.25, -0.2) is 0 Å². The fraction of sp³-hybridized carbons (Fsp3) is 0.200. The number of aromatic nitrogens is 2. The molecule has 0 bridgehead atoms. The van der Waals surface area contributed by atoms with Gasteiger partial charge in [0, 0.05) is 4.47 Å². The highest BCUT2D eigenvalue weighted by Crippen LogP contribution is 2.30. The lowest BCUT2D eigenvalue weighted by molar-refractivity contribution is -0.137. The Hall–Kier alpha value is -2.61. The summed E-state index contributed by atoms with van der Waals surface area (Å²) < 4.78 is 41.0. The molecule has 1 N–H and O–H groups in total. The lowest BCUT2D eigenvalue weighted by Gasteiger charge is -2.10. The topological polar surface area (TPSA) is 46.9 Å². The van der Waals surface area contributed by atoms with E-state index in [9.17, 15) is 18.0 Å². The van der Waals surface area contributed by atoms with Crippen molar-refractivity contribution in [2.75, 3.05) is 5.32 Å². The number of hydrogen-bond acceptors (Lipinski definition) is 2. The van der Waals surface area contributed by atoms with Crippen molar-refractivity contribution in [1.82, 2.24) is 9.78 Å². The Morgan fingerprint density at radius 3 is 2.54 bits per heavy atom. The quantitative estimate of drug-likeness (QED) is 0.562. The number of benzene rings is 2. The second-order valence-corrected chi connectivity index (χ2v) is 7.19. The van der Waals surface area contributed by atoms with Crippen LogP contribution >= 0.6 is 15.9 Å². The monoisotopic (exact) mass is 451 g/mol. The average molecular weight is 452 g/mol. The molecule has 0 atom stereocenters. The van der Waals surface area contributed by atoms with Gasteiger partial charge in [-0.1, -0.05) is 24.3 Å². The first-order valence-electron chi connectivity index (χ1n) is 8.43. The molecule has 1 heterocycles. The number of nitrogens with one attached hydrogen (secondary N) is 1. The van der Waals surface area contributed by atoms with Crippen molar-refractivity contribution in [3.05, 3.63) is 81.1 Å². The van der Waals surface area contributed by atoms with Crippen LogP contribution in [0.15, 0.2) is 53.0 Å². The highest BCUT2D eigenvalue weighted by Gasteiger charge is 2.30. The van der Waals surface area contributed by atoms with E-state index in [1.54, 1.807) is 42.8 Å². The zero-order valence-corrected chi connectivity index (χ0v) is 16.7. The van der Waals surface area contributed by atoms with Crippen LogP contribution in [-0.2, 0) is 12.7 Å². The van der Waals surface area contributed by atoms with Gasteiger partial charge >= 0.3 is 6.18 Å². The lowest BCUT2D eigenvalue weighted by Crippen LogP contribution is -2.14. The van der Waals surface area contributed by atoms with Gasteiger partial charge in [-0.05, 0) is 59.6 Å². The second kappa shape index (κ2) is 7.79. The van der Waals surface area contributed by atoms with E-state index in [0.717, 1.165) is 12.1 Å². The van der Waals surface area contributed by atoms with Crippen molar-refractivity contribution in [3.63, 3.8) is 0 Å². The Labute approximate surface area is 168 Å². The minimum Gasteiger partial charge on any atom is -0.319 e. The summed E-state index contributed by atoms with van der Waals surface area (Å²) in [7, 11) is 0. The summed E-state index contributed by atoms with van der Waals surface area (Å²) in [5.74, 6) is -0.294. The molecular weight excluding hydrogens is 435 g/mol. The summed E-state index contributed by atoms with van der Waals surface area (Å²) in [6.45, 7) is 3.68. The molecule has 0 aliphatic carbocycles. The molecular formula is C20H17BrF3N3O. The number of nitrogens with zero attached hydrogens (tertiary/aromatic N) is 2. The molecule has 0 aliphatic rings. The molecule has 1 amide bonds. The largest absolute Gasteiger partial charge is 0.416 e. The number of halogens is 4. The number of anilines is 1. The molecule has 0 unspecified atom stereocenters. The van der Waals surface area contributed by atoms with Crippen LogP contribution in [0.1, 0.15) is 32.9 Å². The smallest absolute Gasteiger partial charge is 0.319 e. The molecule has 0 saturated carbocycles. The number of hydrogen-bond donors (Lipinski definition) is 1. The molecule has 0 aliphatic heterocycles. The molecule has 146 valence electrons. The summed E-state index contributed by atoms with van der Waals surface area (Å²) in [6.07, 6.45) is -4.40. The summed E-state index contributed by atoms with van der Waals surface area (Å²) in [4.78, 5) is 12.6. The first kappa shape index (κ1) is 20.1. The molecule has 2 aromatic carbocycles. The zero-order chi connectivity index (χ0) is 20.5. The Balaban J connectivity index is 1.85. The van der Waals surface area contributed by atoms with E-state index in [0.29, 0.717) is 32.7 Å². The van der Waals surface area contributed by atoms with Crippen LogP contribution < -0.4 is 5.32 Å². The Morgan fingerprint density at radius 1 is 1.14 bits per heavy atom. The first-order valence-corrected chi connectivity index (χ1v) is 9.22. The van der Waals surface area contributed by atoms with Crippen molar-refractivity contribution in [3.8, 4) is 0 Å². The molecule has 3 aromatic rings. The van der Waals surface area contributed by atoms with Gasteiger partial charge in [0.2, 0.25) is 0 Å². The van der Waals surface area contributed by atoms with E-state index in [2.05, 4.69) is 26.3 Å². The van der Waals surface area contributed by atoms with Crippen molar-refractivity contribution in [2.24, 2.45) is 0 Å². The molecule has 0 fully saturated rings. The molecule has 1 aromatic heterocycles. The molecule has 3 rings (SSSR count). The van der Waals surface area contributed by atoms with Gasteiger partial charge in [0.05, 0.1) is 34.7 Å². The number of carbonyl (C=O) groups is 1. The summed E-state index contributed by atoms with van der Waals surface area (Å²) in [5, 5.41) is 7.22. The third-order valence-corrected chi connectivity index (χ3v) is 5.02. The lowest BCUT2D eigenvalue weighted by atomic mass is 10.1. The average Bonchev–Trinajstić information content (AvgIpc) is 2.89. The summed E-state index contributed by atoms with van der Waals surface area (Å²) in [6, 6.07) is 12.2. The van der Waals surface area contributed by atoms with Gasteiger partial charge in [-0.3, -0.25) is 9.48 Å². The molecule has 0 radical (unpaired) electrons. The maximum atomic E-state index is 12.9. The molecule has 0 saturated heterocycles. The van der Waals surface area contributed by atoms with E-state index in [1.807, 2.05) is 6.07 Å². The minimum atomic E-state index is -4.40. The van der Waals surface area contributed by atoms with Crippen LogP contribution in [0.3, 0.4) is 0 Å². The normalized spacial score (nSPS) is 11.5. The van der Waals surface area contributed by atoms with Crippen molar-refractivity contribution in [2.45, 2.75) is 26.6 Å². The molecule has 0 spiro atoms. The predicted molar refractivity (Wildman–Crippen MR) is 104 cm³/mol. The van der Waals surface area contributed by atoms with Crippen molar-refractivity contribution < 1.29 is 18.0 Å². The predicted octanol–water partition coefficient (Wildman–Crippen LogP) is 5.58. The van der Waals surface area contributed by atoms with Crippen LogP contribution in [0.5, 0.6) is 0 Å². The van der Waals surface area contributed by atoms with Crippen molar-refractivity contribution in [1.29, 1.82) is 0 Å². The van der Waals surface area contributed by atoms with Gasteiger partial charge in [0.1, 0.15) is 0 Å². The Kier molecular flexibility index (Phi) is 5.60. The molecule has 28 heavy (non-hydrogen) atoms. The van der Waals surface area contributed by atoms with Crippen LogP contribution in [0.25, 0.3) is 0 Å². The Morgan fingerprint density at radius 2 is 1.86 bits per heavy atom. The van der Waals surface area contributed by atoms with Gasteiger partial charge in [0.25, 0.3) is 5.91 Å². The van der Waals surface area contributed by atoms with E-state index in [1.165, 1.54) is 6.07 Å². The Bertz CT molecular complexity index is 1030. The third-order valence-electron chi connectivity index (χ3n) is 4.33. The van der Waals surface area contributed by atoms with E-state index < -0.39 is 11.7 Å². The van der Waals surface area contributed by atoms with Crippen LogP contribution in [0.2, 0.25) is 0 Å².